The third kappa shape index (κ3) is 2.66. The fraction of sp³-hybridized carbons (Fsp3) is 0. The molecule has 0 aliphatic rings. The number of carbonyl (C=O) groups excluding carboxylic acids is 1. The molecular formula is C12H10F2N4O. The molecule has 2 rings (SSSR count). The fourth-order valence-corrected chi connectivity index (χ4v) is 1.47. The normalized spacial score (nSPS) is 10.1. The van der Waals surface area contributed by atoms with E-state index < -0.39 is 17.5 Å². The maximum absolute atomic E-state index is 13.8. The quantitative estimate of drug-likeness (QED) is 0.584. The molecule has 5 nitrogen and oxygen atoms in total. The summed E-state index contributed by atoms with van der Waals surface area (Å²) < 4.78 is 27.1. The molecule has 4 N–H and O–H groups in total. The Balaban J connectivity index is 2.28. The van der Waals surface area contributed by atoms with E-state index in [-0.39, 0.29) is 17.1 Å². The van der Waals surface area contributed by atoms with Crippen LogP contribution in [0.2, 0.25) is 0 Å². The number of benzene rings is 1. The minimum absolute atomic E-state index is 0.0361. The number of nitrogens with zero attached hydrogens (tertiary/aromatic N) is 1. The first kappa shape index (κ1) is 12.9. The van der Waals surface area contributed by atoms with E-state index >= 15 is 0 Å². The fourth-order valence-electron chi connectivity index (χ4n) is 1.47. The lowest BCUT2D eigenvalue weighted by atomic mass is 10.2. The number of hydrogen-bond acceptors (Lipinski definition) is 4. The van der Waals surface area contributed by atoms with E-state index in [0.29, 0.717) is 0 Å². The molecule has 1 heterocycles. The Hall–Kier alpha value is -2.54. The highest BCUT2D eigenvalue weighted by molar-refractivity contribution is 6.04. The molecule has 7 heteroatoms. The number of halogens is 2. The SMILES string of the molecule is NNc1nccc(C(=O)Nc2ccccc2F)c1F. The van der Waals surface area contributed by atoms with Gasteiger partial charge in [0.25, 0.3) is 5.91 Å². The molecule has 0 atom stereocenters. The molecule has 0 radical (unpaired) electrons. The largest absolute Gasteiger partial charge is 0.319 e. The van der Waals surface area contributed by atoms with E-state index in [1.165, 1.54) is 30.5 Å². The molecule has 0 saturated heterocycles. The first-order chi connectivity index (χ1) is 9.13. The molecule has 0 unspecified atom stereocenters. The predicted octanol–water partition coefficient (Wildman–Crippen LogP) is 1.90. The van der Waals surface area contributed by atoms with Crippen molar-refractivity contribution in [3.8, 4) is 0 Å². The number of nitrogen functional groups attached to an aromatic ring is 1. The van der Waals surface area contributed by atoms with Crippen LogP contribution in [-0.4, -0.2) is 10.9 Å². The van der Waals surface area contributed by atoms with Crippen molar-refractivity contribution in [2.45, 2.75) is 0 Å². The lowest BCUT2D eigenvalue weighted by molar-refractivity contribution is 0.102. The smallest absolute Gasteiger partial charge is 0.258 e. The summed E-state index contributed by atoms with van der Waals surface area (Å²) in [6, 6.07) is 6.76. The van der Waals surface area contributed by atoms with Gasteiger partial charge in [0.1, 0.15) is 5.82 Å². The lowest BCUT2D eigenvalue weighted by Gasteiger charge is -2.08. The summed E-state index contributed by atoms with van der Waals surface area (Å²) in [5.74, 6) is 2.49. The van der Waals surface area contributed by atoms with Gasteiger partial charge in [-0.05, 0) is 18.2 Å². The second kappa shape index (κ2) is 5.40. The molecule has 0 spiro atoms. The number of para-hydroxylation sites is 1. The highest BCUT2D eigenvalue weighted by atomic mass is 19.1. The Labute approximate surface area is 107 Å². The Morgan fingerprint density at radius 3 is 2.63 bits per heavy atom. The van der Waals surface area contributed by atoms with Gasteiger partial charge in [0.15, 0.2) is 11.6 Å². The molecule has 1 aromatic carbocycles. The number of hydrazine groups is 1. The van der Waals surface area contributed by atoms with Crippen molar-refractivity contribution in [3.63, 3.8) is 0 Å². The first-order valence-corrected chi connectivity index (χ1v) is 5.30. The Kier molecular flexibility index (Phi) is 3.67. The van der Waals surface area contributed by atoms with E-state index in [1.54, 1.807) is 6.07 Å². The topological polar surface area (TPSA) is 80.0 Å². The van der Waals surface area contributed by atoms with Crippen molar-refractivity contribution in [3.05, 3.63) is 53.7 Å². The van der Waals surface area contributed by atoms with E-state index in [1.807, 2.05) is 5.43 Å². The number of pyridine rings is 1. The third-order valence-electron chi connectivity index (χ3n) is 2.39. The van der Waals surface area contributed by atoms with Crippen molar-refractivity contribution < 1.29 is 13.6 Å². The van der Waals surface area contributed by atoms with Gasteiger partial charge in [0.05, 0.1) is 11.3 Å². The van der Waals surface area contributed by atoms with E-state index in [2.05, 4.69) is 10.3 Å². The number of carbonyl (C=O) groups is 1. The van der Waals surface area contributed by atoms with Crippen LogP contribution < -0.4 is 16.6 Å². The van der Waals surface area contributed by atoms with Crippen LogP contribution in [0.3, 0.4) is 0 Å². The van der Waals surface area contributed by atoms with E-state index in [4.69, 9.17) is 5.84 Å². The molecular weight excluding hydrogens is 254 g/mol. The number of rotatable bonds is 3. The molecule has 2 aromatic rings. The summed E-state index contributed by atoms with van der Waals surface area (Å²) in [5, 5.41) is 2.27. The van der Waals surface area contributed by atoms with Crippen LogP contribution in [0.4, 0.5) is 20.3 Å². The Morgan fingerprint density at radius 2 is 1.95 bits per heavy atom. The minimum Gasteiger partial charge on any atom is -0.319 e. The van der Waals surface area contributed by atoms with Crippen molar-refractivity contribution in [2.75, 3.05) is 10.7 Å². The van der Waals surface area contributed by atoms with Crippen LogP contribution >= 0.6 is 0 Å². The van der Waals surface area contributed by atoms with Gasteiger partial charge < -0.3 is 10.7 Å². The molecule has 0 aliphatic carbocycles. The summed E-state index contributed by atoms with van der Waals surface area (Å²) >= 11 is 0. The molecule has 0 aliphatic heterocycles. The molecule has 1 aromatic heterocycles. The van der Waals surface area contributed by atoms with Gasteiger partial charge in [-0.1, -0.05) is 12.1 Å². The zero-order valence-corrected chi connectivity index (χ0v) is 9.65. The number of nitrogens with one attached hydrogen (secondary N) is 2. The van der Waals surface area contributed by atoms with Crippen LogP contribution in [0.25, 0.3) is 0 Å². The number of aromatic nitrogens is 1. The number of amides is 1. The third-order valence-corrected chi connectivity index (χ3v) is 2.39. The predicted molar refractivity (Wildman–Crippen MR) is 66.4 cm³/mol. The standard InChI is InChI=1S/C12H10F2N4O/c13-8-3-1-2-4-9(8)17-12(19)7-5-6-16-11(18-15)10(7)14/h1-6H,15H2,(H,16,18)(H,17,19). The highest BCUT2D eigenvalue weighted by Gasteiger charge is 2.16. The van der Waals surface area contributed by atoms with Gasteiger partial charge in [-0.15, -0.1) is 0 Å². The summed E-state index contributed by atoms with van der Waals surface area (Å²) in [6.45, 7) is 0. The van der Waals surface area contributed by atoms with Crippen LogP contribution in [0.15, 0.2) is 36.5 Å². The molecule has 0 saturated carbocycles. The summed E-state index contributed by atoms with van der Waals surface area (Å²) in [6.07, 6.45) is 1.22. The van der Waals surface area contributed by atoms with Crippen molar-refractivity contribution in [1.82, 2.24) is 4.98 Å². The second-order valence-electron chi connectivity index (χ2n) is 3.60. The Morgan fingerprint density at radius 1 is 1.21 bits per heavy atom. The summed E-state index contributed by atoms with van der Waals surface area (Å²) in [5.41, 5.74) is 1.70. The van der Waals surface area contributed by atoms with Crippen LogP contribution in [0, 0.1) is 11.6 Å². The molecule has 19 heavy (non-hydrogen) atoms. The van der Waals surface area contributed by atoms with Crippen molar-refractivity contribution in [2.24, 2.45) is 5.84 Å². The van der Waals surface area contributed by atoms with Gasteiger partial charge in [-0.3, -0.25) is 4.79 Å². The van der Waals surface area contributed by atoms with Crippen LogP contribution in [0.1, 0.15) is 10.4 Å². The zero-order chi connectivity index (χ0) is 13.8. The second-order valence-corrected chi connectivity index (χ2v) is 3.60. The average Bonchev–Trinajstić information content (AvgIpc) is 2.41. The maximum Gasteiger partial charge on any atom is 0.258 e. The molecule has 0 fully saturated rings. The summed E-state index contributed by atoms with van der Waals surface area (Å²) in [4.78, 5) is 15.4. The summed E-state index contributed by atoms with van der Waals surface area (Å²) in [7, 11) is 0. The number of nitrogens with two attached hydrogens (primary N) is 1. The van der Waals surface area contributed by atoms with Gasteiger partial charge in [-0.25, -0.2) is 19.6 Å². The average molecular weight is 264 g/mol. The van der Waals surface area contributed by atoms with E-state index in [0.717, 1.165) is 0 Å². The van der Waals surface area contributed by atoms with Gasteiger partial charge in [0.2, 0.25) is 0 Å². The number of hydrogen-bond donors (Lipinski definition) is 3. The Bertz CT molecular complexity index is 618. The minimum atomic E-state index is -0.904. The monoisotopic (exact) mass is 264 g/mol. The molecule has 0 bridgehead atoms. The number of anilines is 2. The highest BCUT2D eigenvalue weighted by Crippen LogP contribution is 2.17. The van der Waals surface area contributed by atoms with E-state index in [9.17, 15) is 13.6 Å². The maximum atomic E-state index is 13.8. The van der Waals surface area contributed by atoms with Crippen molar-refractivity contribution >= 4 is 17.4 Å². The first-order valence-electron chi connectivity index (χ1n) is 5.30. The molecule has 98 valence electrons. The zero-order valence-electron chi connectivity index (χ0n) is 9.65. The van der Waals surface area contributed by atoms with Crippen molar-refractivity contribution in [1.29, 1.82) is 0 Å². The van der Waals surface area contributed by atoms with Gasteiger partial charge in [-0.2, -0.15) is 0 Å². The molecule has 1 amide bonds. The van der Waals surface area contributed by atoms with Gasteiger partial charge in [0, 0.05) is 6.20 Å². The van der Waals surface area contributed by atoms with Gasteiger partial charge >= 0.3 is 0 Å². The van der Waals surface area contributed by atoms with Crippen LogP contribution in [0.5, 0.6) is 0 Å². The van der Waals surface area contributed by atoms with Crippen LogP contribution in [-0.2, 0) is 0 Å². The lowest BCUT2D eigenvalue weighted by Crippen LogP contribution is -2.18.